The number of rotatable bonds is 4. The summed E-state index contributed by atoms with van der Waals surface area (Å²) in [6, 6.07) is 0. The Labute approximate surface area is 147 Å². The summed E-state index contributed by atoms with van der Waals surface area (Å²) in [6.07, 6.45) is 6.90. The van der Waals surface area contributed by atoms with Gasteiger partial charge in [0.1, 0.15) is 9.21 Å². The van der Waals surface area contributed by atoms with Crippen LogP contribution in [0.2, 0.25) is 0 Å². The Kier molecular flexibility index (Phi) is 6.79. The maximum Gasteiger partial charge on any atom is 0.124 e. The number of aliphatic hydroxyl groups is 2. The van der Waals surface area contributed by atoms with E-state index in [1.165, 1.54) is 0 Å². The number of imidazole rings is 2. The molecule has 8 heteroatoms. The van der Waals surface area contributed by atoms with Crippen molar-refractivity contribution in [3.8, 4) is 0 Å². The third kappa shape index (κ3) is 8.07. The minimum Gasteiger partial charge on any atom is -0.389 e. The van der Waals surface area contributed by atoms with Gasteiger partial charge < -0.3 is 19.3 Å². The smallest absolute Gasteiger partial charge is 0.124 e. The van der Waals surface area contributed by atoms with E-state index < -0.39 is 11.2 Å². The predicted molar refractivity (Wildman–Crippen MR) is 92.4 cm³/mol. The monoisotopic (exact) mass is 436 g/mol. The molecule has 2 aromatic heterocycles. The van der Waals surface area contributed by atoms with Crippen molar-refractivity contribution in [2.24, 2.45) is 0 Å². The molecule has 0 atom stereocenters. The molecule has 0 aromatic carbocycles. The van der Waals surface area contributed by atoms with Gasteiger partial charge in [0.15, 0.2) is 0 Å². The van der Waals surface area contributed by atoms with Crippen LogP contribution in [0.15, 0.2) is 34.3 Å². The highest BCUT2D eigenvalue weighted by Gasteiger charge is 2.14. The lowest BCUT2D eigenvalue weighted by molar-refractivity contribution is 0.0605. The molecular formula is C14H22Br2N4O2. The van der Waals surface area contributed by atoms with E-state index in [0.717, 1.165) is 9.21 Å². The van der Waals surface area contributed by atoms with E-state index in [4.69, 9.17) is 0 Å². The molecule has 0 aliphatic rings. The first-order valence-corrected chi connectivity index (χ1v) is 8.32. The van der Waals surface area contributed by atoms with Crippen LogP contribution >= 0.6 is 31.9 Å². The molecule has 6 nitrogen and oxygen atoms in total. The van der Waals surface area contributed by atoms with Crippen molar-refractivity contribution >= 4 is 31.9 Å². The molecule has 0 unspecified atom stereocenters. The molecule has 22 heavy (non-hydrogen) atoms. The predicted octanol–water partition coefficient (Wildman–Crippen LogP) is 2.83. The maximum absolute atomic E-state index is 9.44. The first-order chi connectivity index (χ1) is 9.96. The Morgan fingerprint density at radius 3 is 2.00 bits per heavy atom. The molecule has 124 valence electrons. The highest BCUT2D eigenvalue weighted by molar-refractivity contribution is 9.10. The van der Waals surface area contributed by atoms with Crippen LogP contribution in [0.5, 0.6) is 0 Å². The zero-order valence-electron chi connectivity index (χ0n) is 13.2. The molecule has 0 spiro atoms. The van der Waals surface area contributed by atoms with Gasteiger partial charge in [-0.15, -0.1) is 0 Å². The third-order valence-corrected chi connectivity index (χ3v) is 3.46. The van der Waals surface area contributed by atoms with Crippen molar-refractivity contribution in [3.63, 3.8) is 0 Å². The van der Waals surface area contributed by atoms with Crippen LogP contribution < -0.4 is 0 Å². The second-order valence-electron chi connectivity index (χ2n) is 6.34. The van der Waals surface area contributed by atoms with Crippen molar-refractivity contribution in [1.29, 1.82) is 0 Å². The molecule has 2 aromatic rings. The van der Waals surface area contributed by atoms with E-state index in [9.17, 15) is 10.2 Å². The Morgan fingerprint density at radius 2 is 1.64 bits per heavy atom. The van der Waals surface area contributed by atoms with Gasteiger partial charge in [0.2, 0.25) is 0 Å². The number of hydrogen-bond acceptors (Lipinski definition) is 4. The number of hydrogen-bond donors (Lipinski definition) is 2. The normalized spacial score (nSPS) is 12.0. The molecule has 0 saturated heterocycles. The van der Waals surface area contributed by atoms with E-state index in [2.05, 4.69) is 41.8 Å². The van der Waals surface area contributed by atoms with E-state index in [0.29, 0.717) is 13.1 Å². The summed E-state index contributed by atoms with van der Waals surface area (Å²) in [5.74, 6) is 0. The lowest BCUT2D eigenvalue weighted by Gasteiger charge is -2.17. The van der Waals surface area contributed by atoms with Gasteiger partial charge in [-0.05, 0) is 59.6 Å². The number of aromatic nitrogens is 4. The first-order valence-electron chi connectivity index (χ1n) is 6.74. The minimum absolute atomic E-state index is 0.549. The van der Waals surface area contributed by atoms with Gasteiger partial charge in [-0.3, -0.25) is 0 Å². The molecule has 0 aliphatic carbocycles. The lowest BCUT2D eigenvalue weighted by atomic mass is 10.1. The molecular weight excluding hydrogens is 416 g/mol. The summed E-state index contributed by atoms with van der Waals surface area (Å²) < 4.78 is 5.37. The molecule has 0 radical (unpaired) electrons. The number of halogens is 2. The van der Waals surface area contributed by atoms with Crippen LogP contribution in [-0.2, 0) is 13.1 Å². The summed E-state index contributed by atoms with van der Waals surface area (Å²) in [5, 5.41) is 18.9. The quantitative estimate of drug-likeness (QED) is 0.770. The number of nitrogens with zero attached hydrogens (tertiary/aromatic N) is 4. The van der Waals surface area contributed by atoms with E-state index in [-0.39, 0.29) is 0 Å². The van der Waals surface area contributed by atoms with Crippen molar-refractivity contribution < 1.29 is 10.2 Å². The Balaban J connectivity index is 0.000000220. The Bertz CT molecular complexity index is 582. The van der Waals surface area contributed by atoms with Gasteiger partial charge in [0.05, 0.1) is 43.1 Å². The van der Waals surface area contributed by atoms with E-state index in [1.807, 2.05) is 15.3 Å². The average Bonchev–Trinajstić information content (AvgIpc) is 2.86. The van der Waals surface area contributed by atoms with Crippen LogP contribution in [-0.4, -0.2) is 40.5 Å². The average molecular weight is 438 g/mol. The highest BCUT2D eigenvalue weighted by Crippen LogP contribution is 2.13. The summed E-state index contributed by atoms with van der Waals surface area (Å²) in [4.78, 5) is 7.88. The molecule has 0 fully saturated rings. The second kappa shape index (κ2) is 7.72. The minimum atomic E-state index is -0.691. The summed E-state index contributed by atoms with van der Waals surface area (Å²) >= 11 is 6.53. The van der Waals surface area contributed by atoms with Gasteiger partial charge in [-0.1, -0.05) is 0 Å². The van der Waals surface area contributed by atoms with Crippen LogP contribution in [0.25, 0.3) is 0 Å². The summed E-state index contributed by atoms with van der Waals surface area (Å²) in [7, 11) is 0. The summed E-state index contributed by atoms with van der Waals surface area (Å²) in [5.41, 5.74) is -1.37. The van der Waals surface area contributed by atoms with E-state index in [1.54, 1.807) is 46.5 Å². The fraction of sp³-hybridized carbons (Fsp3) is 0.571. The molecule has 0 bridgehead atoms. The van der Waals surface area contributed by atoms with Crippen LogP contribution in [0, 0.1) is 0 Å². The molecule has 2 heterocycles. The second-order valence-corrected chi connectivity index (χ2v) is 7.96. The lowest BCUT2D eigenvalue weighted by Crippen LogP contribution is -2.25. The SMILES string of the molecule is CC(C)(O)Cn1cnc(Br)c1.CC(C)(O)Cn1cncc1Br. The third-order valence-electron chi connectivity index (χ3n) is 2.39. The van der Waals surface area contributed by atoms with Crippen molar-refractivity contribution in [2.75, 3.05) is 0 Å². The molecule has 0 amide bonds. The molecule has 2 rings (SSSR count). The zero-order chi connectivity index (χ0) is 17.0. The maximum atomic E-state index is 9.44. The van der Waals surface area contributed by atoms with Gasteiger partial charge in [-0.25, -0.2) is 9.97 Å². The zero-order valence-corrected chi connectivity index (χ0v) is 16.3. The highest BCUT2D eigenvalue weighted by atomic mass is 79.9. The standard InChI is InChI=1S/2C7H11BrN2O/c1-7(2,11)4-10-3-6(8)9-5-10;1-7(2,11)4-10-5-9-3-6(10)8/h2*3,5,11H,4H2,1-2H3. The van der Waals surface area contributed by atoms with Crippen LogP contribution in [0.1, 0.15) is 27.7 Å². The van der Waals surface area contributed by atoms with Gasteiger partial charge in [-0.2, -0.15) is 0 Å². The van der Waals surface area contributed by atoms with Crippen LogP contribution in [0.3, 0.4) is 0 Å². The van der Waals surface area contributed by atoms with Crippen LogP contribution in [0.4, 0.5) is 0 Å². The van der Waals surface area contributed by atoms with Gasteiger partial charge >= 0.3 is 0 Å². The molecule has 0 saturated carbocycles. The largest absolute Gasteiger partial charge is 0.389 e. The molecule has 0 aliphatic heterocycles. The first kappa shape index (κ1) is 19.3. The van der Waals surface area contributed by atoms with Gasteiger partial charge in [0.25, 0.3) is 0 Å². The Morgan fingerprint density at radius 1 is 1.05 bits per heavy atom. The topological polar surface area (TPSA) is 76.1 Å². The van der Waals surface area contributed by atoms with E-state index >= 15 is 0 Å². The van der Waals surface area contributed by atoms with Crippen molar-refractivity contribution in [3.05, 3.63) is 34.3 Å². The summed E-state index contributed by atoms with van der Waals surface area (Å²) in [6.45, 7) is 8.17. The fourth-order valence-corrected chi connectivity index (χ4v) is 2.39. The van der Waals surface area contributed by atoms with Gasteiger partial charge in [0, 0.05) is 6.20 Å². The fourth-order valence-electron chi connectivity index (χ4n) is 1.70. The molecule has 2 N–H and O–H groups in total. The Hall–Kier alpha value is -0.700. The van der Waals surface area contributed by atoms with Crippen molar-refractivity contribution in [1.82, 2.24) is 19.1 Å². The van der Waals surface area contributed by atoms with Crippen molar-refractivity contribution in [2.45, 2.75) is 52.0 Å².